The third kappa shape index (κ3) is 24.7. The molecule has 6 nitrogen and oxygen atoms in total. The summed E-state index contributed by atoms with van der Waals surface area (Å²) in [5.74, 6) is 5.99. The van der Waals surface area contributed by atoms with Gasteiger partial charge in [-0.2, -0.15) is 0 Å². The Bertz CT molecular complexity index is 2960. The van der Waals surface area contributed by atoms with Crippen LogP contribution < -0.4 is 0 Å². The van der Waals surface area contributed by atoms with E-state index in [1.807, 2.05) is 0 Å². The van der Waals surface area contributed by atoms with Gasteiger partial charge in [0.2, 0.25) is 0 Å². The number of fused-ring (bicyclic) bond motifs is 2. The van der Waals surface area contributed by atoms with E-state index >= 15 is 0 Å². The number of ketones is 6. The third-order valence-corrected chi connectivity index (χ3v) is 28.4. The maximum absolute atomic E-state index is 12.0. The topological polar surface area (TPSA) is 102 Å². The molecule has 0 bridgehead atoms. The molecule has 0 aromatic rings. The van der Waals surface area contributed by atoms with Crippen LogP contribution in [0.5, 0.6) is 0 Å². The zero-order valence-corrected chi connectivity index (χ0v) is 71.8. The second-order valence-electron chi connectivity index (χ2n) is 37.9. The lowest BCUT2D eigenvalue weighted by molar-refractivity contribution is -0.131. The fraction of sp³-hybridized carbons (Fsp3) is 0.729. The van der Waals surface area contributed by atoms with Gasteiger partial charge in [-0.3, -0.25) is 28.8 Å². The molecular formula is C96H156O6. The zero-order valence-electron chi connectivity index (χ0n) is 71.8. The molecule has 0 aliphatic heterocycles. The second-order valence-corrected chi connectivity index (χ2v) is 37.9. The molecule has 0 heterocycles. The Hall–Kier alpha value is -4.58. The van der Waals surface area contributed by atoms with Crippen molar-refractivity contribution in [2.75, 3.05) is 0 Å². The van der Waals surface area contributed by atoms with Gasteiger partial charge in [0.1, 0.15) is 34.7 Å². The first-order valence-electron chi connectivity index (χ1n) is 40.7. The van der Waals surface area contributed by atoms with Crippen LogP contribution in [-0.2, 0) is 28.8 Å². The maximum Gasteiger partial charge on any atom is 0.136 e. The van der Waals surface area contributed by atoms with E-state index in [9.17, 15) is 28.8 Å². The van der Waals surface area contributed by atoms with Gasteiger partial charge in [0, 0.05) is 32.5 Å². The van der Waals surface area contributed by atoms with E-state index in [2.05, 4.69) is 227 Å². The molecular weight excluding hydrogens is 1250 g/mol. The highest BCUT2D eigenvalue weighted by molar-refractivity contribution is 5.85. The van der Waals surface area contributed by atoms with Gasteiger partial charge >= 0.3 is 0 Å². The summed E-state index contributed by atoms with van der Waals surface area (Å²) in [5.41, 5.74) is 14.9. The molecule has 0 aromatic carbocycles. The van der Waals surface area contributed by atoms with Crippen molar-refractivity contribution in [3.8, 4) is 0 Å². The molecule has 0 aromatic heterocycles. The Kier molecular flexibility index (Phi) is 35.3. The monoisotopic (exact) mass is 1410 g/mol. The van der Waals surface area contributed by atoms with Gasteiger partial charge in [-0.1, -0.05) is 227 Å². The van der Waals surface area contributed by atoms with Crippen molar-refractivity contribution in [1.29, 1.82) is 0 Å². The smallest absolute Gasteiger partial charge is 0.136 e. The molecule has 14 atom stereocenters. The number of hydrogen-bond acceptors (Lipinski definition) is 6. The van der Waals surface area contributed by atoms with Gasteiger partial charge in [-0.05, 0) is 309 Å². The van der Waals surface area contributed by atoms with Crippen LogP contribution in [0, 0.1) is 90.7 Å². The summed E-state index contributed by atoms with van der Waals surface area (Å²) >= 11 is 0. The number of hydrogen-bond donors (Lipinski definition) is 0. The lowest BCUT2D eigenvalue weighted by Crippen LogP contribution is -2.46. The fourth-order valence-electron chi connectivity index (χ4n) is 18.3. The summed E-state index contributed by atoms with van der Waals surface area (Å²) < 4.78 is 0. The van der Waals surface area contributed by atoms with E-state index in [0.29, 0.717) is 92.9 Å². The standard InChI is InChI=1S/6C16H26O/c2*1-11-14-13(7-6-9-15(14,3)4)8-10-16(11,5)12(2)17;4*1-12(2)7-6-8-15-9-10-16(5,14(4)17)13(3)11-15/h2*8,11,14H,6-7,9-10H2,1-5H3;2*7,11,13H,6,8-10H2,1-5H3;2*7,9,13H,6,8,10-11H2,1-5H3/t2*11-,14-,16-;4*13-,16-/m101010/s1. The quantitative estimate of drug-likeness (QED) is 0.127. The summed E-state index contributed by atoms with van der Waals surface area (Å²) in [4.78, 5) is 70.8. The highest BCUT2D eigenvalue weighted by Gasteiger charge is 2.51. The average Bonchev–Trinajstić information content (AvgIpc) is 0.752. The van der Waals surface area contributed by atoms with E-state index in [0.717, 1.165) is 116 Å². The normalized spacial score (nSPS) is 32.5. The molecule has 0 unspecified atom stereocenters. The van der Waals surface area contributed by atoms with Crippen molar-refractivity contribution < 1.29 is 28.8 Å². The summed E-state index contributed by atoms with van der Waals surface area (Å²) in [6.45, 7) is 63.3. The molecule has 8 rings (SSSR count). The minimum Gasteiger partial charge on any atom is -0.299 e. The molecule has 0 N–H and O–H groups in total. The van der Waals surface area contributed by atoms with Crippen molar-refractivity contribution in [2.45, 2.75) is 362 Å². The summed E-state index contributed by atoms with van der Waals surface area (Å²) in [7, 11) is 0. The molecule has 8 aliphatic carbocycles. The van der Waals surface area contributed by atoms with E-state index in [1.54, 1.807) is 52.7 Å². The first-order valence-corrected chi connectivity index (χ1v) is 40.7. The highest BCUT2D eigenvalue weighted by atomic mass is 16.1. The third-order valence-electron chi connectivity index (χ3n) is 28.4. The SMILES string of the molecule is CC(=O)[C@@]1(C)CC=C(CCC=C(C)C)C[C@@H]1C.CC(=O)[C@@]1(C)CC=C2CCCC(C)(C)[C@H]2[C@@H]1C.CC(=O)[C@@]1(C)CCC(CCC=C(C)C)=C[C@@H]1C.CC(=O)[C@]1(C)CC=C(CCC=C(C)C)C[C@H]1C.CC(=O)[C@]1(C)CC=C2CCCC(C)(C)[C@@H]2[C@H]1C.CC(=O)[C@]1(C)CCC(CCC=C(C)C)=C[C@H]1C. The molecule has 0 saturated heterocycles. The van der Waals surface area contributed by atoms with Crippen molar-refractivity contribution >= 4 is 34.7 Å². The number of carbonyl (C=O) groups excluding carboxylic acids is 6. The van der Waals surface area contributed by atoms with Gasteiger partial charge in [-0.15, -0.1) is 0 Å². The molecule has 0 amide bonds. The highest BCUT2D eigenvalue weighted by Crippen LogP contribution is 2.58. The van der Waals surface area contributed by atoms with Crippen LogP contribution in [0.25, 0.3) is 0 Å². The van der Waals surface area contributed by atoms with Crippen LogP contribution in [0.3, 0.4) is 0 Å². The number of allylic oxidation sites excluding steroid dienone is 20. The minimum absolute atomic E-state index is 0.125. The average molecular weight is 1410 g/mol. The van der Waals surface area contributed by atoms with Crippen molar-refractivity contribution in [2.24, 2.45) is 90.7 Å². The fourth-order valence-corrected chi connectivity index (χ4v) is 18.3. The second kappa shape index (κ2) is 39.3. The zero-order chi connectivity index (χ0) is 77.9. The van der Waals surface area contributed by atoms with Gasteiger partial charge < -0.3 is 0 Å². The number of rotatable bonds is 18. The molecule has 6 heteroatoms. The van der Waals surface area contributed by atoms with Crippen LogP contribution in [0.1, 0.15) is 362 Å². The van der Waals surface area contributed by atoms with Gasteiger partial charge in [-0.25, -0.2) is 0 Å². The lowest BCUT2D eigenvalue weighted by atomic mass is 9.52. The van der Waals surface area contributed by atoms with Crippen LogP contribution in [0.2, 0.25) is 0 Å². The Morgan fingerprint density at radius 3 is 0.824 bits per heavy atom. The number of carbonyl (C=O) groups is 6. The molecule has 2 fully saturated rings. The first kappa shape index (κ1) is 91.6. The number of Topliss-reactive ketones (excluding diaryl/α,β-unsaturated/α-hetero) is 6. The lowest BCUT2D eigenvalue weighted by Gasteiger charge is -2.52. The Morgan fingerprint density at radius 1 is 0.333 bits per heavy atom. The largest absolute Gasteiger partial charge is 0.299 e. The molecule has 576 valence electrons. The van der Waals surface area contributed by atoms with Crippen LogP contribution >= 0.6 is 0 Å². The minimum atomic E-state index is -0.136. The molecule has 2 saturated carbocycles. The Labute approximate surface area is 628 Å². The van der Waals surface area contributed by atoms with Crippen molar-refractivity contribution in [1.82, 2.24) is 0 Å². The van der Waals surface area contributed by atoms with Gasteiger partial charge in [0.05, 0.1) is 0 Å². The van der Waals surface area contributed by atoms with Gasteiger partial charge in [0.25, 0.3) is 0 Å². The Morgan fingerprint density at radius 2 is 0.588 bits per heavy atom. The summed E-state index contributed by atoms with van der Waals surface area (Å²) in [6, 6.07) is 0. The van der Waals surface area contributed by atoms with E-state index in [-0.39, 0.29) is 32.5 Å². The molecule has 0 spiro atoms. The maximum atomic E-state index is 12.0. The van der Waals surface area contributed by atoms with E-state index in [4.69, 9.17) is 0 Å². The van der Waals surface area contributed by atoms with E-state index < -0.39 is 0 Å². The van der Waals surface area contributed by atoms with Crippen molar-refractivity contribution in [3.63, 3.8) is 0 Å². The first-order chi connectivity index (χ1) is 47.0. The van der Waals surface area contributed by atoms with E-state index in [1.165, 1.54) is 83.1 Å². The summed E-state index contributed by atoms with van der Waals surface area (Å²) in [6.07, 6.45) is 50.3. The van der Waals surface area contributed by atoms with Gasteiger partial charge in [0.15, 0.2) is 0 Å². The summed E-state index contributed by atoms with van der Waals surface area (Å²) in [5, 5.41) is 0. The van der Waals surface area contributed by atoms with Crippen LogP contribution in [-0.4, -0.2) is 34.7 Å². The molecule has 102 heavy (non-hydrogen) atoms. The Balaban J connectivity index is 0.000000318. The predicted molar refractivity (Wildman–Crippen MR) is 439 cm³/mol. The van der Waals surface area contributed by atoms with Crippen LogP contribution in [0.4, 0.5) is 0 Å². The predicted octanol–water partition coefficient (Wildman–Crippen LogP) is 27.5. The van der Waals surface area contributed by atoms with Crippen LogP contribution in [0.15, 0.2) is 116 Å². The molecule has 8 aliphatic rings. The van der Waals surface area contributed by atoms with Crippen molar-refractivity contribution in [3.05, 3.63) is 116 Å². The molecule has 0 radical (unpaired) electrons.